The van der Waals surface area contributed by atoms with Crippen LogP contribution >= 0.6 is 0 Å². The Bertz CT molecular complexity index is 1350. The van der Waals surface area contributed by atoms with Gasteiger partial charge in [0, 0.05) is 0 Å². The average Bonchev–Trinajstić information content (AvgIpc) is 3.34. The van der Waals surface area contributed by atoms with Gasteiger partial charge in [-0.1, -0.05) is 0 Å². The molecule has 0 fully saturated rings. The summed E-state index contributed by atoms with van der Waals surface area (Å²) in [4.78, 5) is 0. The summed E-state index contributed by atoms with van der Waals surface area (Å²) in [6, 6.07) is 21.3. The quantitative estimate of drug-likeness (QED) is 0.248. The fourth-order valence-corrected chi connectivity index (χ4v) is 14.7. The molecule has 0 aliphatic heterocycles. The van der Waals surface area contributed by atoms with Crippen molar-refractivity contribution in [1.29, 1.82) is 0 Å². The Balaban J connectivity index is 1.75. The minimum absolute atomic E-state index is 0.138. The minimum atomic E-state index is -2.26. The number of benzene rings is 3. The number of hydrogen-bond acceptors (Lipinski definition) is 0. The second-order valence-electron chi connectivity index (χ2n) is 12.4. The SMILES string of the molecule is C[C](C)=[Zr]([c]1c(C(C)(C)C)ccc2c1Cc1cc(C(C)(C)C)ccc1-2)[CH]1C=Cc2ccccc21. The summed E-state index contributed by atoms with van der Waals surface area (Å²) in [5.74, 6) is 0. The van der Waals surface area contributed by atoms with Crippen molar-refractivity contribution in [3.8, 4) is 11.1 Å². The summed E-state index contributed by atoms with van der Waals surface area (Å²) < 4.78 is 4.05. The van der Waals surface area contributed by atoms with Gasteiger partial charge in [0.15, 0.2) is 0 Å². The molecule has 1 heteroatoms. The number of fused-ring (bicyclic) bond motifs is 4. The van der Waals surface area contributed by atoms with Crippen LogP contribution in [-0.2, 0) is 38.5 Å². The van der Waals surface area contributed by atoms with Crippen molar-refractivity contribution in [2.45, 2.75) is 76.3 Å². The molecule has 174 valence electrons. The third kappa shape index (κ3) is 3.99. The zero-order valence-electron chi connectivity index (χ0n) is 22.1. The first-order valence-electron chi connectivity index (χ1n) is 12.7. The normalized spacial score (nSPS) is 16.3. The number of rotatable bonds is 2. The van der Waals surface area contributed by atoms with Crippen LogP contribution in [0.3, 0.4) is 0 Å². The van der Waals surface area contributed by atoms with Crippen molar-refractivity contribution in [3.63, 3.8) is 0 Å². The van der Waals surface area contributed by atoms with Crippen LogP contribution in [0.4, 0.5) is 0 Å². The summed E-state index contributed by atoms with van der Waals surface area (Å²) >= 11 is -2.26. The van der Waals surface area contributed by atoms with Crippen LogP contribution in [0.1, 0.15) is 92.4 Å². The van der Waals surface area contributed by atoms with E-state index in [-0.39, 0.29) is 10.8 Å². The molecular weight excluding hydrogens is 488 g/mol. The molecule has 0 nitrogen and oxygen atoms in total. The Kier molecular flexibility index (Phi) is 5.88. The zero-order chi connectivity index (χ0) is 24.4. The summed E-state index contributed by atoms with van der Waals surface area (Å²) in [7, 11) is 0. The maximum atomic E-state index is 2.54. The second-order valence-corrected chi connectivity index (χ2v) is 19.7. The van der Waals surface area contributed by atoms with Gasteiger partial charge in [-0.2, -0.15) is 0 Å². The van der Waals surface area contributed by atoms with E-state index in [0.29, 0.717) is 3.63 Å². The molecule has 34 heavy (non-hydrogen) atoms. The predicted molar refractivity (Wildman–Crippen MR) is 146 cm³/mol. The monoisotopic (exact) mass is 524 g/mol. The molecule has 0 heterocycles. The van der Waals surface area contributed by atoms with Gasteiger partial charge >= 0.3 is 215 Å². The van der Waals surface area contributed by atoms with Gasteiger partial charge in [-0.15, -0.1) is 0 Å². The Morgan fingerprint density at radius 2 is 1.53 bits per heavy atom. The summed E-state index contributed by atoms with van der Waals surface area (Å²) in [5.41, 5.74) is 12.4. The van der Waals surface area contributed by atoms with Gasteiger partial charge in [-0.05, 0) is 0 Å². The van der Waals surface area contributed by atoms with Gasteiger partial charge in [0.25, 0.3) is 0 Å². The first-order chi connectivity index (χ1) is 16.0. The van der Waals surface area contributed by atoms with E-state index in [1.165, 1.54) is 27.8 Å². The van der Waals surface area contributed by atoms with Crippen molar-refractivity contribution >= 4 is 12.6 Å². The first kappa shape index (κ1) is 23.9. The van der Waals surface area contributed by atoms with Crippen molar-refractivity contribution < 1.29 is 21.3 Å². The molecule has 3 aromatic carbocycles. The van der Waals surface area contributed by atoms with Gasteiger partial charge in [0.05, 0.1) is 0 Å². The van der Waals surface area contributed by atoms with E-state index in [2.05, 4.69) is 122 Å². The second kappa shape index (κ2) is 8.38. The fraction of sp³-hybridized carbons (Fsp3) is 0.364. The molecular formula is C33H38Zr. The van der Waals surface area contributed by atoms with Crippen LogP contribution in [-0.4, -0.2) is 3.21 Å². The van der Waals surface area contributed by atoms with Gasteiger partial charge in [0.1, 0.15) is 0 Å². The molecule has 0 amide bonds. The molecule has 0 aromatic heterocycles. The Morgan fingerprint density at radius 1 is 0.824 bits per heavy atom. The van der Waals surface area contributed by atoms with Crippen molar-refractivity contribution in [1.82, 2.24) is 0 Å². The van der Waals surface area contributed by atoms with E-state index < -0.39 is 21.3 Å². The molecule has 0 bridgehead atoms. The zero-order valence-corrected chi connectivity index (χ0v) is 24.6. The molecule has 3 aromatic rings. The summed E-state index contributed by atoms with van der Waals surface area (Å²) in [6.07, 6.45) is 6.01. The summed E-state index contributed by atoms with van der Waals surface area (Å²) in [6.45, 7) is 19.0. The average molecular weight is 526 g/mol. The third-order valence-corrected chi connectivity index (χ3v) is 15.8. The molecule has 0 spiro atoms. The van der Waals surface area contributed by atoms with Gasteiger partial charge in [-0.3, -0.25) is 0 Å². The van der Waals surface area contributed by atoms with Crippen LogP contribution in [0.2, 0.25) is 0 Å². The van der Waals surface area contributed by atoms with E-state index in [1.807, 2.05) is 0 Å². The topological polar surface area (TPSA) is 0 Å². The molecule has 0 N–H and O–H groups in total. The molecule has 2 aliphatic rings. The molecule has 1 atom stereocenters. The molecule has 0 saturated heterocycles. The van der Waals surface area contributed by atoms with Crippen LogP contribution in [0, 0.1) is 0 Å². The molecule has 0 saturated carbocycles. The van der Waals surface area contributed by atoms with E-state index >= 15 is 0 Å². The van der Waals surface area contributed by atoms with Crippen molar-refractivity contribution in [3.05, 3.63) is 94.1 Å². The Morgan fingerprint density at radius 3 is 2.21 bits per heavy atom. The fourth-order valence-electron chi connectivity index (χ4n) is 5.89. The van der Waals surface area contributed by atoms with E-state index in [9.17, 15) is 0 Å². The maximum absolute atomic E-state index is 2.54. The molecule has 0 radical (unpaired) electrons. The number of hydrogen-bond donors (Lipinski definition) is 0. The van der Waals surface area contributed by atoms with Crippen molar-refractivity contribution in [2.75, 3.05) is 0 Å². The van der Waals surface area contributed by atoms with E-state index in [1.54, 1.807) is 23.2 Å². The Labute approximate surface area is 214 Å². The van der Waals surface area contributed by atoms with Crippen LogP contribution in [0.5, 0.6) is 0 Å². The standard InChI is InChI=1S/C21H25.C9H7.C3H6.Zr/c1-20(2,3)16-7-9-18-14(12-16)11-15-13-17(21(4,5)6)8-10-19(15)18;1-2-5-9-7-3-6-8(9)4-1;1-3-2;/h7-10,12H,11H2,1-6H3;1-7H;1-2H3;. The summed E-state index contributed by atoms with van der Waals surface area (Å²) in [5, 5.41) is 0. The molecule has 5 rings (SSSR count). The first-order valence-corrected chi connectivity index (χ1v) is 16.6. The molecule has 1 unspecified atom stereocenters. The van der Waals surface area contributed by atoms with Gasteiger partial charge in [0.2, 0.25) is 0 Å². The Hall–Kier alpha value is -1.85. The van der Waals surface area contributed by atoms with Crippen LogP contribution < -0.4 is 3.27 Å². The van der Waals surface area contributed by atoms with Crippen molar-refractivity contribution in [2.24, 2.45) is 0 Å². The predicted octanol–water partition coefficient (Wildman–Crippen LogP) is 8.08. The molecule has 2 aliphatic carbocycles. The van der Waals surface area contributed by atoms with Gasteiger partial charge < -0.3 is 0 Å². The van der Waals surface area contributed by atoms with Gasteiger partial charge in [-0.25, -0.2) is 0 Å². The number of allylic oxidation sites excluding steroid dienone is 1. The van der Waals surface area contributed by atoms with E-state index in [0.717, 1.165) is 6.42 Å². The van der Waals surface area contributed by atoms with E-state index in [4.69, 9.17) is 0 Å². The third-order valence-electron chi connectivity index (χ3n) is 7.67. The van der Waals surface area contributed by atoms with Crippen LogP contribution in [0.25, 0.3) is 17.2 Å². The van der Waals surface area contributed by atoms with Crippen LogP contribution in [0.15, 0.2) is 60.7 Å².